The van der Waals surface area contributed by atoms with Crippen molar-refractivity contribution in [3.63, 3.8) is 0 Å². The molecule has 1 aromatic heterocycles. The number of rotatable bonds is 5. The molecular weight excluding hydrogens is 370 g/mol. The Hall–Kier alpha value is -2.87. The first-order valence-corrected chi connectivity index (χ1v) is 8.83. The van der Waals surface area contributed by atoms with Crippen molar-refractivity contribution in [2.45, 2.75) is 32.4 Å². The number of anilines is 1. The fourth-order valence-corrected chi connectivity index (χ4v) is 3.10. The fraction of sp³-hybridized carbons (Fsp3) is 0.333. The minimum Gasteiger partial charge on any atom is -0.319 e. The van der Waals surface area contributed by atoms with E-state index >= 15 is 0 Å². The van der Waals surface area contributed by atoms with E-state index in [2.05, 4.69) is 15.7 Å². The lowest BCUT2D eigenvalue weighted by Crippen LogP contribution is -2.42. The molecule has 2 aromatic rings. The molecule has 1 unspecified atom stereocenters. The molecule has 4 amide bonds. The highest BCUT2D eigenvalue weighted by Crippen LogP contribution is 2.29. The molecule has 1 aliphatic heterocycles. The SMILES string of the molecule is CC(C)n1nccc1NC(=O)CN1C(=O)NC(C)(c2ccc(Cl)cc2)C1=O. The van der Waals surface area contributed by atoms with Crippen LogP contribution in [-0.2, 0) is 15.1 Å². The van der Waals surface area contributed by atoms with E-state index in [9.17, 15) is 14.4 Å². The second kappa shape index (κ2) is 7.03. The molecule has 0 radical (unpaired) electrons. The average molecular weight is 390 g/mol. The van der Waals surface area contributed by atoms with Crippen LogP contribution in [0.5, 0.6) is 0 Å². The highest BCUT2D eigenvalue weighted by molar-refractivity contribution is 6.30. The maximum Gasteiger partial charge on any atom is 0.325 e. The molecule has 1 aliphatic rings. The minimum atomic E-state index is -1.25. The van der Waals surface area contributed by atoms with E-state index in [4.69, 9.17) is 11.6 Å². The zero-order valence-electron chi connectivity index (χ0n) is 15.2. The summed E-state index contributed by atoms with van der Waals surface area (Å²) in [4.78, 5) is 38.5. The highest BCUT2D eigenvalue weighted by atomic mass is 35.5. The third-order valence-electron chi connectivity index (χ3n) is 4.43. The molecule has 2 N–H and O–H groups in total. The maximum atomic E-state index is 12.8. The summed E-state index contributed by atoms with van der Waals surface area (Å²) in [5.74, 6) is -0.480. The lowest BCUT2D eigenvalue weighted by Gasteiger charge is -2.22. The van der Waals surface area contributed by atoms with E-state index in [1.165, 1.54) is 0 Å². The molecule has 0 spiro atoms. The average Bonchev–Trinajstić information content (AvgIpc) is 3.15. The largest absolute Gasteiger partial charge is 0.325 e. The van der Waals surface area contributed by atoms with Gasteiger partial charge in [-0.05, 0) is 38.5 Å². The van der Waals surface area contributed by atoms with Crippen LogP contribution in [0.1, 0.15) is 32.4 Å². The zero-order valence-corrected chi connectivity index (χ0v) is 15.9. The second-order valence-electron chi connectivity index (χ2n) is 6.76. The Morgan fingerprint density at radius 3 is 2.56 bits per heavy atom. The number of urea groups is 1. The van der Waals surface area contributed by atoms with Crippen molar-refractivity contribution in [3.05, 3.63) is 47.1 Å². The molecule has 0 bridgehead atoms. The summed E-state index contributed by atoms with van der Waals surface area (Å²) in [5, 5.41) is 10.00. The first kappa shape index (κ1) is 18.9. The predicted octanol–water partition coefficient (Wildman–Crippen LogP) is 2.52. The van der Waals surface area contributed by atoms with E-state index in [1.54, 1.807) is 48.1 Å². The van der Waals surface area contributed by atoms with Crippen LogP contribution in [0, 0.1) is 0 Å². The second-order valence-corrected chi connectivity index (χ2v) is 7.19. The van der Waals surface area contributed by atoms with Crippen LogP contribution in [0.15, 0.2) is 36.5 Å². The van der Waals surface area contributed by atoms with Gasteiger partial charge in [-0.15, -0.1) is 0 Å². The van der Waals surface area contributed by atoms with Crippen molar-refractivity contribution in [2.24, 2.45) is 0 Å². The van der Waals surface area contributed by atoms with Gasteiger partial charge in [0, 0.05) is 17.1 Å². The van der Waals surface area contributed by atoms with Crippen LogP contribution in [0.2, 0.25) is 5.02 Å². The van der Waals surface area contributed by atoms with Crippen LogP contribution in [0.4, 0.5) is 10.6 Å². The van der Waals surface area contributed by atoms with Crippen molar-refractivity contribution >= 4 is 35.3 Å². The number of carbonyl (C=O) groups excluding carboxylic acids is 3. The van der Waals surface area contributed by atoms with Gasteiger partial charge in [0.15, 0.2) is 0 Å². The fourth-order valence-electron chi connectivity index (χ4n) is 2.97. The number of hydrogen-bond donors (Lipinski definition) is 2. The standard InChI is InChI=1S/C18H20ClN5O3/c1-11(2)24-14(8-9-20-24)21-15(25)10-23-16(26)18(3,22-17(23)27)12-4-6-13(19)7-5-12/h4-9,11H,10H2,1-3H3,(H,21,25)(H,22,27). The Balaban J connectivity index is 1.74. The molecule has 1 aromatic carbocycles. The number of amides is 4. The number of aromatic nitrogens is 2. The third kappa shape index (κ3) is 3.52. The maximum absolute atomic E-state index is 12.8. The van der Waals surface area contributed by atoms with E-state index in [0.717, 1.165) is 4.90 Å². The Morgan fingerprint density at radius 2 is 1.93 bits per heavy atom. The molecule has 1 fully saturated rings. The Kier molecular flexibility index (Phi) is 4.93. The Labute approximate surface area is 161 Å². The van der Waals surface area contributed by atoms with Gasteiger partial charge in [0.2, 0.25) is 5.91 Å². The van der Waals surface area contributed by atoms with Gasteiger partial charge in [0.05, 0.1) is 6.20 Å². The molecule has 3 rings (SSSR count). The van der Waals surface area contributed by atoms with Crippen molar-refractivity contribution < 1.29 is 14.4 Å². The Bertz CT molecular complexity index is 893. The molecule has 0 aliphatic carbocycles. The highest BCUT2D eigenvalue weighted by Gasteiger charge is 2.49. The summed E-state index contributed by atoms with van der Waals surface area (Å²) in [6.07, 6.45) is 1.57. The van der Waals surface area contributed by atoms with Gasteiger partial charge in [0.1, 0.15) is 17.9 Å². The number of nitrogens with one attached hydrogen (secondary N) is 2. The summed E-state index contributed by atoms with van der Waals surface area (Å²) < 4.78 is 1.64. The number of carbonyl (C=O) groups is 3. The van der Waals surface area contributed by atoms with E-state index in [0.29, 0.717) is 16.4 Å². The Morgan fingerprint density at radius 1 is 1.26 bits per heavy atom. The number of benzene rings is 1. The number of hydrogen-bond acceptors (Lipinski definition) is 4. The molecule has 8 nitrogen and oxygen atoms in total. The van der Waals surface area contributed by atoms with Gasteiger partial charge in [-0.1, -0.05) is 23.7 Å². The third-order valence-corrected chi connectivity index (χ3v) is 4.68. The van der Waals surface area contributed by atoms with Gasteiger partial charge >= 0.3 is 6.03 Å². The summed E-state index contributed by atoms with van der Waals surface area (Å²) in [6.45, 7) is 5.06. The van der Waals surface area contributed by atoms with Crippen LogP contribution in [-0.4, -0.2) is 39.1 Å². The molecule has 142 valence electrons. The number of nitrogens with zero attached hydrogens (tertiary/aromatic N) is 3. The number of imide groups is 1. The molecule has 0 saturated carbocycles. The van der Waals surface area contributed by atoms with Gasteiger partial charge in [-0.25, -0.2) is 9.48 Å². The van der Waals surface area contributed by atoms with Crippen molar-refractivity contribution in [1.82, 2.24) is 20.0 Å². The lowest BCUT2D eigenvalue weighted by molar-refractivity contribution is -0.133. The first-order chi connectivity index (χ1) is 12.7. The normalized spacial score (nSPS) is 19.5. The van der Waals surface area contributed by atoms with Crippen LogP contribution in [0.3, 0.4) is 0 Å². The molecule has 27 heavy (non-hydrogen) atoms. The van der Waals surface area contributed by atoms with Crippen molar-refractivity contribution in [3.8, 4) is 0 Å². The van der Waals surface area contributed by atoms with Crippen LogP contribution < -0.4 is 10.6 Å². The molecule has 9 heteroatoms. The van der Waals surface area contributed by atoms with Crippen LogP contribution >= 0.6 is 11.6 Å². The molecule has 2 heterocycles. The minimum absolute atomic E-state index is 0.0558. The zero-order chi connectivity index (χ0) is 19.8. The van der Waals surface area contributed by atoms with E-state index in [1.807, 2.05) is 13.8 Å². The predicted molar refractivity (Wildman–Crippen MR) is 100 cm³/mol. The summed E-state index contributed by atoms with van der Waals surface area (Å²) in [7, 11) is 0. The lowest BCUT2D eigenvalue weighted by atomic mass is 9.92. The molecular formula is C18H20ClN5O3. The van der Waals surface area contributed by atoms with Crippen molar-refractivity contribution in [2.75, 3.05) is 11.9 Å². The van der Waals surface area contributed by atoms with E-state index in [-0.39, 0.29) is 6.04 Å². The first-order valence-electron chi connectivity index (χ1n) is 8.46. The topological polar surface area (TPSA) is 96.3 Å². The van der Waals surface area contributed by atoms with Crippen molar-refractivity contribution in [1.29, 1.82) is 0 Å². The van der Waals surface area contributed by atoms with E-state index < -0.39 is 29.9 Å². The smallest absolute Gasteiger partial charge is 0.319 e. The quantitative estimate of drug-likeness (QED) is 0.768. The van der Waals surface area contributed by atoms with Gasteiger partial charge in [0.25, 0.3) is 5.91 Å². The van der Waals surface area contributed by atoms with Gasteiger partial charge in [-0.2, -0.15) is 5.10 Å². The van der Waals surface area contributed by atoms with Crippen LogP contribution in [0.25, 0.3) is 0 Å². The molecule has 1 atom stereocenters. The number of halogens is 1. The summed E-state index contributed by atoms with van der Waals surface area (Å²) in [6, 6.07) is 7.72. The summed E-state index contributed by atoms with van der Waals surface area (Å²) >= 11 is 5.89. The van der Waals surface area contributed by atoms with Gasteiger partial charge in [-0.3, -0.25) is 14.5 Å². The molecule has 1 saturated heterocycles. The monoisotopic (exact) mass is 389 g/mol. The van der Waals surface area contributed by atoms with Gasteiger partial charge < -0.3 is 10.6 Å². The summed E-state index contributed by atoms with van der Waals surface area (Å²) in [5.41, 5.74) is -0.659.